The average Bonchev–Trinajstić information content (AvgIpc) is 2.06. The summed E-state index contributed by atoms with van der Waals surface area (Å²) in [5.41, 5.74) is 0.0720. The van der Waals surface area contributed by atoms with Gasteiger partial charge in [0.2, 0.25) is 6.08 Å². The van der Waals surface area contributed by atoms with Gasteiger partial charge in [-0.1, -0.05) is 11.6 Å². The summed E-state index contributed by atoms with van der Waals surface area (Å²) in [6, 6.07) is 2.87. The molecular weight excluding hydrogens is 180 g/mol. The molecule has 0 unspecified atom stereocenters. The van der Waals surface area contributed by atoms with Crippen molar-refractivity contribution >= 4 is 23.6 Å². The molecular formula is C7H3ClN2O2. The van der Waals surface area contributed by atoms with Crippen molar-refractivity contribution in [2.24, 2.45) is 4.99 Å². The number of amides is 1. The second-order valence-corrected chi connectivity index (χ2v) is 2.31. The molecule has 0 aliphatic rings. The highest BCUT2D eigenvalue weighted by molar-refractivity contribution is 6.30. The van der Waals surface area contributed by atoms with Crippen LogP contribution < -0.4 is 0 Å². The van der Waals surface area contributed by atoms with E-state index >= 15 is 0 Å². The molecule has 12 heavy (non-hydrogen) atoms. The Morgan fingerprint density at radius 1 is 1.58 bits per heavy atom. The quantitative estimate of drug-likeness (QED) is 0.485. The molecule has 0 aromatic carbocycles. The van der Waals surface area contributed by atoms with Gasteiger partial charge in [0, 0.05) is 6.20 Å². The highest BCUT2D eigenvalue weighted by Gasteiger charge is 2.03. The van der Waals surface area contributed by atoms with E-state index in [0.717, 1.165) is 6.08 Å². The van der Waals surface area contributed by atoms with Gasteiger partial charge in [-0.25, -0.2) is 9.78 Å². The lowest BCUT2D eigenvalue weighted by atomic mass is 10.3. The summed E-state index contributed by atoms with van der Waals surface area (Å²) >= 11 is 5.51. The summed E-state index contributed by atoms with van der Waals surface area (Å²) in [4.78, 5) is 27.0. The maximum atomic E-state index is 10.8. The molecule has 1 heterocycles. The van der Waals surface area contributed by atoms with Crippen molar-refractivity contribution in [2.45, 2.75) is 0 Å². The van der Waals surface area contributed by atoms with Gasteiger partial charge in [-0.15, -0.1) is 4.99 Å². The zero-order valence-corrected chi connectivity index (χ0v) is 6.58. The van der Waals surface area contributed by atoms with E-state index in [9.17, 15) is 9.59 Å². The fraction of sp³-hybridized carbons (Fsp3) is 0. The number of carbonyl (C=O) groups excluding carboxylic acids is 2. The number of hydrogen-bond donors (Lipinski definition) is 0. The van der Waals surface area contributed by atoms with E-state index in [1.165, 1.54) is 18.3 Å². The van der Waals surface area contributed by atoms with E-state index in [1.807, 2.05) is 0 Å². The Hall–Kier alpha value is -1.51. The Morgan fingerprint density at radius 3 is 2.83 bits per heavy atom. The summed E-state index contributed by atoms with van der Waals surface area (Å²) in [5, 5.41) is 0.418. The van der Waals surface area contributed by atoms with Crippen LogP contribution in [0.25, 0.3) is 0 Å². The number of rotatable bonds is 1. The lowest BCUT2D eigenvalue weighted by molar-refractivity contribution is 0.0998. The Morgan fingerprint density at radius 2 is 2.33 bits per heavy atom. The first-order valence-electron chi connectivity index (χ1n) is 2.98. The number of aliphatic imine (C=N–C) groups is 1. The fourth-order valence-corrected chi connectivity index (χ4v) is 0.713. The number of nitrogens with zero attached hydrogens (tertiary/aromatic N) is 2. The predicted molar refractivity (Wildman–Crippen MR) is 41.7 cm³/mol. The van der Waals surface area contributed by atoms with Crippen molar-refractivity contribution in [1.82, 2.24) is 4.98 Å². The smallest absolute Gasteiger partial charge is 0.264 e. The van der Waals surface area contributed by atoms with E-state index in [4.69, 9.17) is 11.6 Å². The number of halogens is 1. The van der Waals surface area contributed by atoms with Crippen LogP contribution in [0.4, 0.5) is 0 Å². The Balaban J connectivity index is 2.97. The van der Waals surface area contributed by atoms with Crippen molar-refractivity contribution in [2.75, 3.05) is 0 Å². The van der Waals surface area contributed by atoms with Gasteiger partial charge in [0.05, 0.1) is 5.02 Å². The van der Waals surface area contributed by atoms with Gasteiger partial charge < -0.3 is 0 Å². The highest BCUT2D eigenvalue weighted by atomic mass is 35.5. The summed E-state index contributed by atoms with van der Waals surface area (Å²) in [5.74, 6) is -0.721. The normalized spacial score (nSPS) is 8.75. The van der Waals surface area contributed by atoms with E-state index in [2.05, 4.69) is 9.98 Å². The Bertz CT molecular complexity index is 341. The zero-order chi connectivity index (χ0) is 8.97. The lowest BCUT2D eigenvalue weighted by Gasteiger charge is -1.91. The maximum absolute atomic E-state index is 10.8. The number of isocyanates is 1. The summed E-state index contributed by atoms with van der Waals surface area (Å²) in [6.07, 6.45) is 2.43. The molecule has 1 aromatic heterocycles. The Kier molecular flexibility index (Phi) is 2.69. The molecule has 0 bridgehead atoms. The van der Waals surface area contributed by atoms with Gasteiger partial charge in [-0.3, -0.25) is 4.79 Å². The van der Waals surface area contributed by atoms with Gasteiger partial charge in [-0.2, -0.15) is 0 Å². The summed E-state index contributed by atoms with van der Waals surface area (Å²) in [7, 11) is 0. The Labute approximate surface area is 72.9 Å². The van der Waals surface area contributed by atoms with Crippen molar-refractivity contribution in [1.29, 1.82) is 0 Å². The summed E-state index contributed by atoms with van der Waals surface area (Å²) < 4.78 is 0. The zero-order valence-electron chi connectivity index (χ0n) is 5.82. The first-order chi connectivity index (χ1) is 5.74. The monoisotopic (exact) mass is 182 g/mol. The predicted octanol–water partition coefficient (Wildman–Crippen LogP) is 1.21. The molecule has 0 spiro atoms. The van der Waals surface area contributed by atoms with E-state index in [1.54, 1.807) is 0 Å². The van der Waals surface area contributed by atoms with Gasteiger partial charge in [-0.05, 0) is 12.1 Å². The third-order valence-corrected chi connectivity index (χ3v) is 1.32. The highest BCUT2D eigenvalue weighted by Crippen LogP contribution is 2.06. The minimum atomic E-state index is -0.721. The van der Waals surface area contributed by atoms with Gasteiger partial charge in [0.15, 0.2) is 0 Å². The van der Waals surface area contributed by atoms with Gasteiger partial charge in [0.25, 0.3) is 0 Å². The molecule has 0 saturated heterocycles. The van der Waals surface area contributed by atoms with Crippen LogP contribution in [0.3, 0.4) is 0 Å². The molecule has 0 aliphatic heterocycles. The molecule has 4 nitrogen and oxygen atoms in total. The molecule has 0 saturated carbocycles. The standard InChI is InChI=1S/C7H3ClN2O2/c8-5-1-2-6(9-3-5)7(12)10-4-11/h1-3H. The molecule has 60 valence electrons. The van der Waals surface area contributed by atoms with Crippen LogP contribution in [0, 0.1) is 0 Å². The molecule has 0 atom stereocenters. The van der Waals surface area contributed by atoms with Crippen LogP contribution in [0.2, 0.25) is 5.02 Å². The molecule has 0 radical (unpaired) electrons. The minimum absolute atomic E-state index is 0.0720. The third-order valence-electron chi connectivity index (χ3n) is 1.09. The van der Waals surface area contributed by atoms with Crippen molar-refractivity contribution in [3.05, 3.63) is 29.0 Å². The first-order valence-corrected chi connectivity index (χ1v) is 3.35. The second-order valence-electron chi connectivity index (χ2n) is 1.87. The first kappa shape index (κ1) is 8.59. The SMILES string of the molecule is O=C=NC(=O)c1ccc(Cl)cn1. The van der Waals surface area contributed by atoms with E-state index in [0.29, 0.717) is 5.02 Å². The lowest BCUT2D eigenvalue weighted by Crippen LogP contribution is -1.96. The van der Waals surface area contributed by atoms with Gasteiger partial charge >= 0.3 is 5.91 Å². The molecule has 0 N–H and O–H groups in total. The number of hydrogen-bond acceptors (Lipinski definition) is 3. The molecule has 1 amide bonds. The van der Waals surface area contributed by atoms with E-state index in [-0.39, 0.29) is 5.69 Å². The van der Waals surface area contributed by atoms with Crippen molar-refractivity contribution < 1.29 is 9.59 Å². The second kappa shape index (κ2) is 3.76. The summed E-state index contributed by atoms with van der Waals surface area (Å²) in [6.45, 7) is 0. The van der Waals surface area contributed by atoms with Crippen LogP contribution in [-0.4, -0.2) is 17.0 Å². The topological polar surface area (TPSA) is 59.4 Å². The van der Waals surface area contributed by atoms with Crippen LogP contribution in [0.1, 0.15) is 10.5 Å². The number of carbonyl (C=O) groups is 1. The van der Waals surface area contributed by atoms with Crippen LogP contribution in [0.15, 0.2) is 23.3 Å². The van der Waals surface area contributed by atoms with Crippen LogP contribution in [-0.2, 0) is 4.79 Å². The van der Waals surface area contributed by atoms with Crippen molar-refractivity contribution in [3.8, 4) is 0 Å². The third kappa shape index (κ3) is 1.99. The van der Waals surface area contributed by atoms with E-state index < -0.39 is 5.91 Å². The van der Waals surface area contributed by atoms with Crippen LogP contribution >= 0.6 is 11.6 Å². The van der Waals surface area contributed by atoms with Crippen molar-refractivity contribution in [3.63, 3.8) is 0 Å². The molecule has 0 fully saturated rings. The minimum Gasteiger partial charge on any atom is -0.264 e. The molecule has 0 aliphatic carbocycles. The van der Waals surface area contributed by atoms with Crippen LogP contribution in [0.5, 0.6) is 0 Å². The average molecular weight is 183 g/mol. The van der Waals surface area contributed by atoms with Gasteiger partial charge in [0.1, 0.15) is 5.69 Å². The fourth-order valence-electron chi connectivity index (χ4n) is 0.601. The maximum Gasteiger partial charge on any atom is 0.306 e. The molecule has 1 aromatic rings. The largest absolute Gasteiger partial charge is 0.306 e. The molecule has 1 rings (SSSR count). The number of aromatic nitrogens is 1. The molecule has 5 heteroatoms. The number of pyridine rings is 1.